The first-order chi connectivity index (χ1) is 19.5. The molecule has 1 aliphatic rings. The molecule has 5 rings (SSSR count). The molecular formula is C29H27ClF2N6O2. The molecule has 2 aromatic heterocycles. The van der Waals surface area contributed by atoms with Gasteiger partial charge in [0.1, 0.15) is 28.1 Å². The van der Waals surface area contributed by atoms with Crippen LogP contribution < -0.4 is 20.1 Å². The van der Waals surface area contributed by atoms with Crippen molar-refractivity contribution in [3.05, 3.63) is 83.2 Å². The van der Waals surface area contributed by atoms with Crippen LogP contribution in [-0.4, -0.2) is 46.9 Å². The van der Waals surface area contributed by atoms with E-state index < -0.39 is 11.6 Å². The Bertz CT molecular complexity index is 1520. The molecule has 206 valence electrons. The van der Waals surface area contributed by atoms with Crippen molar-refractivity contribution in [3.8, 4) is 28.6 Å². The number of rotatable bonds is 8. The highest BCUT2D eigenvalue weighted by atomic mass is 35.5. The van der Waals surface area contributed by atoms with E-state index in [1.807, 2.05) is 0 Å². The lowest BCUT2D eigenvalue weighted by molar-refractivity contribution is 0.375. The molecule has 1 atom stereocenters. The SMILES string of the molecule is COc1cc(F)ccc1Oc1ccc(/C=C(\F)c2ccnc(-c3ccnnc3)n2)c(N2CCC[C@@H](CN)C2)c1Cl. The standard InChI is InChI=1S/C29H27ClF2N6O2/c1-39-26-14-21(31)5-7-24(26)40-25-6-4-19(28(27(25)30)38-12-2-3-18(15-33)17-38)13-22(32)23-9-10-34-29(37-23)20-8-11-35-36-16-20/h4-11,13-14,16,18H,2-3,12,15,17,33H2,1H3/b22-13-/t18-/m0/s1. The molecule has 2 N–H and O–H groups in total. The van der Waals surface area contributed by atoms with Crippen LogP contribution in [0.3, 0.4) is 0 Å². The summed E-state index contributed by atoms with van der Waals surface area (Å²) in [6, 6.07) is 10.5. The Morgan fingerprint density at radius 2 is 1.98 bits per heavy atom. The van der Waals surface area contributed by atoms with Crippen molar-refractivity contribution < 1.29 is 18.3 Å². The maximum absolute atomic E-state index is 15.7. The minimum atomic E-state index is -0.566. The molecule has 0 radical (unpaired) electrons. The number of methoxy groups -OCH3 is 1. The normalized spacial score (nSPS) is 15.7. The molecule has 4 aromatic rings. The number of ether oxygens (including phenoxy) is 2. The van der Waals surface area contributed by atoms with Gasteiger partial charge in [-0.2, -0.15) is 10.2 Å². The zero-order chi connectivity index (χ0) is 28.1. The lowest BCUT2D eigenvalue weighted by Gasteiger charge is -2.35. The van der Waals surface area contributed by atoms with Gasteiger partial charge in [-0.3, -0.25) is 0 Å². The summed E-state index contributed by atoms with van der Waals surface area (Å²) in [6.07, 6.45) is 7.83. The Morgan fingerprint density at radius 3 is 2.75 bits per heavy atom. The zero-order valence-corrected chi connectivity index (χ0v) is 22.5. The fraction of sp³-hybridized carbons (Fsp3) is 0.241. The highest BCUT2D eigenvalue weighted by Crippen LogP contribution is 2.44. The van der Waals surface area contributed by atoms with Gasteiger partial charge in [0, 0.05) is 36.5 Å². The van der Waals surface area contributed by atoms with E-state index in [4.69, 9.17) is 26.8 Å². The lowest BCUT2D eigenvalue weighted by atomic mass is 9.96. The molecule has 0 bridgehead atoms. The van der Waals surface area contributed by atoms with Crippen molar-refractivity contribution in [1.29, 1.82) is 0 Å². The van der Waals surface area contributed by atoms with Gasteiger partial charge < -0.3 is 20.1 Å². The quantitative estimate of drug-likeness (QED) is 0.271. The molecule has 0 spiro atoms. The Kier molecular flexibility index (Phi) is 8.47. The van der Waals surface area contributed by atoms with Crippen molar-refractivity contribution in [1.82, 2.24) is 20.2 Å². The second kappa shape index (κ2) is 12.4. The van der Waals surface area contributed by atoms with Crippen LogP contribution >= 0.6 is 11.6 Å². The minimum Gasteiger partial charge on any atom is -0.493 e. The Labute approximate surface area is 235 Å². The smallest absolute Gasteiger partial charge is 0.169 e. The molecule has 0 unspecified atom stereocenters. The number of hydrogen-bond acceptors (Lipinski definition) is 8. The summed E-state index contributed by atoms with van der Waals surface area (Å²) in [5, 5.41) is 7.88. The third-order valence-corrected chi connectivity index (χ3v) is 7.02. The van der Waals surface area contributed by atoms with Crippen molar-refractivity contribution in [3.63, 3.8) is 0 Å². The van der Waals surface area contributed by atoms with E-state index >= 15 is 4.39 Å². The zero-order valence-electron chi connectivity index (χ0n) is 21.7. The van der Waals surface area contributed by atoms with Crippen molar-refractivity contribution in [2.45, 2.75) is 12.8 Å². The summed E-state index contributed by atoms with van der Waals surface area (Å²) in [7, 11) is 1.43. The van der Waals surface area contributed by atoms with E-state index in [2.05, 4.69) is 25.1 Å². The summed E-state index contributed by atoms with van der Waals surface area (Å²) in [4.78, 5) is 10.7. The number of anilines is 1. The number of aromatic nitrogens is 4. The number of halogens is 3. The van der Waals surface area contributed by atoms with Gasteiger partial charge in [-0.05, 0) is 67.8 Å². The van der Waals surface area contributed by atoms with E-state index in [0.717, 1.165) is 12.8 Å². The molecule has 3 heterocycles. The first-order valence-electron chi connectivity index (χ1n) is 12.7. The summed E-state index contributed by atoms with van der Waals surface area (Å²) < 4.78 is 40.8. The van der Waals surface area contributed by atoms with Gasteiger partial charge in [0.05, 0.1) is 25.2 Å². The van der Waals surface area contributed by atoms with Crippen LogP contribution in [0, 0.1) is 11.7 Å². The predicted octanol–water partition coefficient (Wildman–Crippen LogP) is 6.17. The molecule has 0 saturated carbocycles. The predicted molar refractivity (Wildman–Crippen MR) is 151 cm³/mol. The molecule has 2 aromatic carbocycles. The van der Waals surface area contributed by atoms with E-state index in [1.54, 1.807) is 18.2 Å². The highest BCUT2D eigenvalue weighted by molar-refractivity contribution is 6.35. The van der Waals surface area contributed by atoms with Crippen LogP contribution in [0.4, 0.5) is 14.5 Å². The van der Waals surface area contributed by atoms with Gasteiger partial charge in [-0.1, -0.05) is 11.6 Å². The summed E-state index contributed by atoms with van der Waals surface area (Å²) >= 11 is 6.95. The summed E-state index contributed by atoms with van der Waals surface area (Å²) in [6.45, 7) is 1.91. The maximum atomic E-state index is 15.7. The number of nitrogens with zero attached hydrogens (tertiary/aromatic N) is 5. The number of hydrogen-bond donors (Lipinski definition) is 1. The first-order valence-corrected chi connectivity index (χ1v) is 13.1. The van der Waals surface area contributed by atoms with Crippen LogP contribution in [0.2, 0.25) is 5.02 Å². The third kappa shape index (κ3) is 6.03. The molecule has 1 aliphatic heterocycles. The number of piperidine rings is 1. The van der Waals surface area contributed by atoms with Crippen molar-refractivity contribution >= 4 is 29.2 Å². The fourth-order valence-corrected chi connectivity index (χ4v) is 4.98. The largest absolute Gasteiger partial charge is 0.493 e. The van der Waals surface area contributed by atoms with Crippen LogP contribution in [0.25, 0.3) is 23.3 Å². The highest BCUT2D eigenvalue weighted by Gasteiger charge is 2.25. The second-order valence-electron chi connectivity index (χ2n) is 9.29. The summed E-state index contributed by atoms with van der Waals surface area (Å²) in [5.74, 6) is 0.412. The van der Waals surface area contributed by atoms with Crippen LogP contribution in [0.15, 0.2) is 61.1 Å². The monoisotopic (exact) mass is 564 g/mol. The van der Waals surface area contributed by atoms with Gasteiger partial charge in [0.2, 0.25) is 0 Å². The molecule has 0 amide bonds. The van der Waals surface area contributed by atoms with E-state index in [9.17, 15) is 4.39 Å². The number of benzene rings is 2. The Hall–Kier alpha value is -4.15. The molecule has 1 saturated heterocycles. The topological polar surface area (TPSA) is 99.3 Å². The average Bonchev–Trinajstić information content (AvgIpc) is 2.99. The average molecular weight is 565 g/mol. The Morgan fingerprint density at radius 1 is 1.12 bits per heavy atom. The molecule has 11 heteroatoms. The van der Waals surface area contributed by atoms with Crippen molar-refractivity contribution in [2.75, 3.05) is 31.6 Å². The maximum Gasteiger partial charge on any atom is 0.169 e. The molecule has 0 aliphatic carbocycles. The van der Waals surface area contributed by atoms with Gasteiger partial charge in [-0.25, -0.2) is 18.7 Å². The number of nitrogens with two attached hydrogens (primary N) is 1. The first kappa shape index (κ1) is 27.4. The van der Waals surface area contributed by atoms with Crippen molar-refractivity contribution in [2.24, 2.45) is 11.7 Å². The van der Waals surface area contributed by atoms with Crippen LogP contribution in [0.5, 0.6) is 17.2 Å². The molecule has 1 fully saturated rings. The summed E-state index contributed by atoms with van der Waals surface area (Å²) in [5.41, 5.74) is 7.88. The minimum absolute atomic E-state index is 0.110. The second-order valence-corrected chi connectivity index (χ2v) is 9.67. The molecule has 40 heavy (non-hydrogen) atoms. The fourth-order valence-electron chi connectivity index (χ4n) is 4.65. The molecule has 8 nitrogen and oxygen atoms in total. The Balaban J connectivity index is 1.55. The van der Waals surface area contributed by atoms with Crippen LogP contribution in [-0.2, 0) is 0 Å². The van der Waals surface area contributed by atoms with Gasteiger partial charge >= 0.3 is 0 Å². The van der Waals surface area contributed by atoms with Crippen LogP contribution in [0.1, 0.15) is 24.1 Å². The van der Waals surface area contributed by atoms with Gasteiger partial charge in [0.15, 0.2) is 17.3 Å². The van der Waals surface area contributed by atoms with E-state index in [1.165, 1.54) is 56.0 Å². The van der Waals surface area contributed by atoms with Gasteiger partial charge in [0.25, 0.3) is 0 Å². The van der Waals surface area contributed by atoms with E-state index in [0.29, 0.717) is 53.8 Å². The lowest BCUT2D eigenvalue weighted by Crippen LogP contribution is -2.38. The molecular weight excluding hydrogens is 538 g/mol. The van der Waals surface area contributed by atoms with E-state index in [-0.39, 0.29) is 22.4 Å². The third-order valence-electron chi connectivity index (χ3n) is 6.65. The van der Waals surface area contributed by atoms with Gasteiger partial charge in [-0.15, -0.1) is 0 Å².